The van der Waals surface area contributed by atoms with Crippen molar-refractivity contribution in [3.05, 3.63) is 36.0 Å². The van der Waals surface area contributed by atoms with Crippen LogP contribution in [0.5, 0.6) is 0 Å². The second kappa shape index (κ2) is 4.29. The Kier molecular flexibility index (Phi) is 2.95. The predicted octanol–water partition coefficient (Wildman–Crippen LogP) is 2.85. The second-order valence-corrected chi connectivity index (χ2v) is 5.03. The van der Waals surface area contributed by atoms with E-state index < -0.39 is 11.4 Å². The highest BCUT2D eigenvalue weighted by molar-refractivity contribution is 6.10. The fourth-order valence-corrected chi connectivity index (χ4v) is 2.08. The summed E-state index contributed by atoms with van der Waals surface area (Å²) in [4.78, 5) is 26.2. The first-order valence-corrected chi connectivity index (χ1v) is 5.74. The van der Waals surface area contributed by atoms with Crippen molar-refractivity contribution in [3.8, 4) is 0 Å². The molecular weight excluding hydrogens is 230 g/mol. The number of hydrogen-bond acceptors (Lipinski definition) is 2. The summed E-state index contributed by atoms with van der Waals surface area (Å²) in [7, 11) is 0. The number of rotatable bonds is 4. The number of para-hydroxylation sites is 1. The third-order valence-corrected chi connectivity index (χ3v) is 3.04. The van der Waals surface area contributed by atoms with Crippen LogP contribution in [-0.4, -0.2) is 21.8 Å². The molecule has 0 spiro atoms. The second-order valence-electron chi connectivity index (χ2n) is 5.03. The van der Waals surface area contributed by atoms with E-state index in [1.807, 2.05) is 24.3 Å². The molecule has 0 saturated heterocycles. The van der Waals surface area contributed by atoms with E-state index in [0.717, 1.165) is 10.9 Å². The number of aromatic amines is 1. The number of H-pyrrole nitrogens is 1. The van der Waals surface area contributed by atoms with Gasteiger partial charge in [-0.05, 0) is 6.07 Å². The standard InChI is InChI=1S/C14H15NO3/c1-14(2,7-12(16)17)13(18)10-8-15-11-6-4-3-5-9(10)11/h3-6,8,15H,7H2,1-2H3,(H,16,17). The summed E-state index contributed by atoms with van der Waals surface area (Å²) in [6.07, 6.45) is 1.47. The summed E-state index contributed by atoms with van der Waals surface area (Å²) in [5.41, 5.74) is 0.528. The minimum absolute atomic E-state index is 0.151. The Balaban J connectivity index is 2.42. The molecule has 0 aliphatic carbocycles. The third-order valence-electron chi connectivity index (χ3n) is 3.04. The zero-order valence-corrected chi connectivity index (χ0v) is 10.4. The number of fused-ring (bicyclic) bond motifs is 1. The lowest BCUT2D eigenvalue weighted by Crippen LogP contribution is -2.27. The molecule has 94 valence electrons. The maximum absolute atomic E-state index is 12.4. The van der Waals surface area contributed by atoms with E-state index in [1.54, 1.807) is 20.0 Å². The van der Waals surface area contributed by atoms with E-state index >= 15 is 0 Å². The fraction of sp³-hybridized carbons (Fsp3) is 0.286. The molecule has 1 heterocycles. The van der Waals surface area contributed by atoms with Crippen LogP contribution in [0.25, 0.3) is 10.9 Å². The molecule has 0 amide bonds. The van der Waals surface area contributed by atoms with E-state index in [4.69, 9.17) is 5.11 Å². The van der Waals surface area contributed by atoms with Crippen molar-refractivity contribution >= 4 is 22.7 Å². The monoisotopic (exact) mass is 245 g/mol. The highest BCUT2D eigenvalue weighted by atomic mass is 16.4. The van der Waals surface area contributed by atoms with Gasteiger partial charge in [0.15, 0.2) is 5.78 Å². The van der Waals surface area contributed by atoms with E-state index in [-0.39, 0.29) is 12.2 Å². The van der Waals surface area contributed by atoms with Crippen molar-refractivity contribution in [2.75, 3.05) is 0 Å². The van der Waals surface area contributed by atoms with Gasteiger partial charge in [0, 0.05) is 28.1 Å². The summed E-state index contributed by atoms with van der Waals surface area (Å²) in [5.74, 6) is -1.12. The van der Waals surface area contributed by atoms with Crippen LogP contribution in [0.1, 0.15) is 30.6 Å². The van der Waals surface area contributed by atoms with Gasteiger partial charge in [0.25, 0.3) is 0 Å². The molecule has 18 heavy (non-hydrogen) atoms. The van der Waals surface area contributed by atoms with Crippen molar-refractivity contribution in [2.24, 2.45) is 5.41 Å². The highest BCUT2D eigenvalue weighted by Crippen LogP contribution is 2.29. The number of carbonyl (C=O) groups is 2. The molecule has 2 rings (SSSR count). The molecule has 2 aromatic rings. The summed E-state index contributed by atoms with van der Waals surface area (Å²) >= 11 is 0. The molecule has 0 radical (unpaired) electrons. The topological polar surface area (TPSA) is 70.2 Å². The lowest BCUT2D eigenvalue weighted by atomic mass is 9.81. The number of carboxylic acids is 1. The minimum Gasteiger partial charge on any atom is -0.481 e. The van der Waals surface area contributed by atoms with Gasteiger partial charge in [-0.1, -0.05) is 32.0 Å². The van der Waals surface area contributed by atoms with Crippen LogP contribution < -0.4 is 0 Å². The summed E-state index contributed by atoms with van der Waals surface area (Å²) < 4.78 is 0. The Labute approximate surface area is 105 Å². The first kappa shape index (κ1) is 12.4. The van der Waals surface area contributed by atoms with Crippen molar-refractivity contribution in [1.82, 2.24) is 4.98 Å². The molecule has 0 fully saturated rings. The number of nitrogens with one attached hydrogen (secondary N) is 1. The largest absolute Gasteiger partial charge is 0.481 e. The van der Waals surface area contributed by atoms with Crippen LogP contribution in [0.15, 0.2) is 30.5 Å². The Hall–Kier alpha value is -2.10. The number of ketones is 1. The molecule has 1 aromatic heterocycles. The molecule has 0 aliphatic heterocycles. The lowest BCUT2D eigenvalue weighted by molar-refractivity contribution is -0.138. The van der Waals surface area contributed by atoms with Gasteiger partial charge in [-0.2, -0.15) is 0 Å². The normalized spacial score (nSPS) is 11.7. The molecule has 0 atom stereocenters. The number of benzene rings is 1. The highest BCUT2D eigenvalue weighted by Gasteiger charge is 2.32. The predicted molar refractivity (Wildman–Crippen MR) is 68.7 cm³/mol. The van der Waals surface area contributed by atoms with Gasteiger partial charge in [0.05, 0.1) is 6.42 Å². The van der Waals surface area contributed by atoms with Gasteiger partial charge in [0.1, 0.15) is 0 Å². The van der Waals surface area contributed by atoms with Crippen LogP contribution in [0.2, 0.25) is 0 Å². The van der Waals surface area contributed by atoms with Gasteiger partial charge in [0.2, 0.25) is 0 Å². The van der Waals surface area contributed by atoms with Crippen LogP contribution in [0.4, 0.5) is 0 Å². The molecular formula is C14H15NO3. The molecule has 0 aliphatic rings. The zero-order chi connectivity index (χ0) is 13.3. The number of aliphatic carboxylic acids is 1. The third kappa shape index (κ3) is 2.14. The summed E-state index contributed by atoms with van der Waals surface area (Å²) in [6, 6.07) is 7.48. The van der Waals surface area contributed by atoms with E-state index in [1.165, 1.54) is 0 Å². The minimum atomic E-state index is -0.965. The van der Waals surface area contributed by atoms with E-state index in [9.17, 15) is 9.59 Å². The number of hydrogen-bond donors (Lipinski definition) is 2. The maximum atomic E-state index is 12.4. The van der Waals surface area contributed by atoms with Gasteiger partial charge >= 0.3 is 5.97 Å². The summed E-state index contributed by atoms with van der Waals surface area (Å²) in [6.45, 7) is 3.32. The Morgan fingerprint density at radius 1 is 1.28 bits per heavy atom. The van der Waals surface area contributed by atoms with Gasteiger partial charge in [-0.15, -0.1) is 0 Å². The lowest BCUT2D eigenvalue weighted by Gasteiger charge is -2.20. The average Bonchev–Trinajstić information content (AvgIpc) is 2.69. The van der Waals surface area contributed by atoms with Crippen molar-refractivity contribution in [1.29, 1.82) is 0 Å². The Morgan fingerprint density at radius 2 is 1.94 bits per heavy atom. The first-order valence-electron chi connectivity index (χ1n) is 5.74. The number of carboxylic acid groups (broad SMARTS) is 1. The molecule has 0 bridgehead atoms. The SMILES string of the molecule is CC(C)(CC(=O)O)C(=O)c1c[nH]c2ccccc12. The molecule has 4 nitrogen and oxygen atoms in total. The van der Waals surface area contributed by atoms with E-state index in [0.29, 0.717) is 5.56 Å². The molecule has 0 saturated carbocycles. The number of Topliss-reactive ketones (excluding diaryl/α,β-unsaturated/α-hetero) is 1. The smallest absolute Gasteiger partial charge is 0.304 e. The number of aromatic nitrogens is 1. The zero-order valence-electron chi connectivity index (χ0n) is 10.4. The maximum Gasteiger partial charge on any atom is 0.304 e. The Bertz CT molecular complexity index is 610. The van der Waals surface area contributed by atoms with Crippen LogP contribution in [0, 0.1) is 5.41 Å². The Morgan fingerprint density at radius 3 is 2.61 bits per heavy atom. The molecule has 0 unspecified atom stereocenters. The van der Waals surface area contributed by atoms with Crippen LogP contribution in [0.3, 0.4) is 0 Å². The van der Waals surface area contributed by atoms with E-state index in [2.05, 4.69) is 4.98 Å². The summed E-state index contributed by atoms with van der Waals surface area (Å²) in [5, 5.41) is 9.68. The molecule has 1 aromatic carbocycles. The van der Waals surface area contributed by atoms with Gasteiger partial charge in [-0.25, -0.2) is 0 Å². The molecule has 4 heteroatoms. The molecule has 2 N–H and O–H groups in total. The first-order chi connectivity index (χ1) is 8.42. The van der Waals surface area contributed by atoms with Gasteiger partial charge in [-0.3, -0.25) is 9.59 Å². The number of carbonyl (C=O) groups excluding carboxylic acids is 1. The van der Waals surface area contributed by atoms with Crippen molar-refractivity contribution in [2.45, 2.75) is 20.3 Å². The van der Waals surface area contributed by atoms with Gasteiger partial charge < -0.3 is 10.1 Å². The quantitative estimate of drug-likeness (QED) is 0.814. The van der Waals surface area contributed by atoms with Crippen molar-refractivity contribution < 1.29 is 14.7 Å². The average molecular weight is 245 g/mol. The fourth-order valence-electron chi connectivity index (χ4n) is 2.08. The van der Waals surface area contributed by atoms with Crippen LogP contribution in [-0.2, 0) is 4.79 Å². The van der Waals surface area contributed by atoms with Crippen molar-refractivity contribution in [3.63, 3.8) is 0 Å². The van der Waals surface area contributed by atoms with Crippen LogP contribution >= 0.6 is 0 Å².